The highest BCUT2D eigenvalue weighted by Crippen LogP contribution is 2.14. The predicted octanol–water partition coefficient (Wildman–Crippen LogP) is 1.49. The minimum absolute atomic E-state index is 0.246. The van der Waals surface area contributed by atoms with Gasteiger partial charge >= 0.3 is 11.9 Å². The Balaban J connectivity index is 4.31. The first-order valence-electron chi connectivity index (χ1n) is 5.02. The molecule has 6 heteroatoms. The molecule has 94 valence electrons. The Morgan fingerprint density at radius 3 is 1.25 bits per heavy atom. The van der Waals surface area contributed by atoms with Crippen molar-refractivity contribution in [2.75, 3.05) is 0 Å². The Labute approximate surface area is 107 Å². The molecule has 0 heterocycles. The van der Waals surface area contributed by atoms with Gasteiger partial charge in [0.25, 0.3) is 0 Å². The quantitative estimate of drug-likeness (QED) is 0.585. The van der Waals surface area contributed by atoms with E-state index in [1.165, 1.54) is 0 Å². The van der Waals surface area contributed by atoms with Crippen LogP contribution in [0, 0.1) is 0 Å². The molecule has 0 aliphatic rings. The van der Waals surface area contributed by atoms with E-state index in [1.54, 1.807) is 27.7 Å². The number of rotatable bonds is 5. The summed E-state index contributed by atoms with van der Waals surface area (Å²) < 4.78 is 9.83. The van der Waals surface area contributed by atoms with Gasteiger partial charge in [-0.15, -0.1) is 0 Å². The number of hydrogen-bond donors (Lipinski definition) is 2. The molecule has 0 aliphatic heterocycles. The average molecular weight is 266 g/mol. The second-order valence-electron chi connectivity index (χ2n) is 3.86. The Morgan fingerprint density at radius 1 is 0.812 bits per heavy atom. The molecule has 0 aromatic carbocycles. The zero-order valence-corrected chi connectivity index (χ0v) is 11.6. The van der Waals surface area contributed by atoms with Crippen molar-refractivity contribution in [2.45, 2.75) is 50.4 Å². The molecule has 4 nitrogen and oxygen atoms in total. The molecule has 0 aromatic heterocycles. The molecular formula is C10H18O4S2. The van der Waals surface area contributed by atoms with Crippen LogP contribution in [0.4, 0.5) is 0 Å². The Bertz CT molecular complexity index is 227. The van der Waals surface area contributed by atoms with Crippen molar-refractivity contribution in [3.05, 3.63) is 0 Å². The van der Waals surface area contributed by atoms with Gasteiger partial charge in [-0.1, -0.05) is 0 Å². The van der Waals surface area contributed by atoms with Gasteiger partial charge in [-0.2, -0.15) is 25.3 Å². The van der Waals surface area contributed by atoms with Crippen LogP contribution < -0.4 is 0 Å². The molecule has 0 radical (unpaired) electrons. The SMILES string of the molecule is CC(C)OC(=O)C(S)C(S)C(=O)OC(C)C. The van der Waals surface area contributed by atoms with Gasteiger partial charge in [0.1, 0.15) is 10.5 Å². The van der Waals surface area contributed by atoms with Gasteiger partial charge < -0.3 is 9.47 Å². The third-order valence-electron chi connectivity index (χ3n) is 1.49. The summed E-state index contributed by atoms with van der Waals surface area (Å²) in [5.41, 5.74) is 0. The van der Waals surface area contributed by atoms with E-state index in [9.17, 15) is 9.59 Å². The largest absolute Gasteiger partial charge is 0.462 e. The summed E-state index contributed by atoms with van der Waals surface area (Å²) in [5, 5.41) is -1.84. The molecule has 0 saturated carbocycles. The summed E-state index contributed by atoms with van der Waals surface area (Å²) in [4.78, 5) is 22.9. The topological polar surface area (TPSA) is 52.6 Å². The summed E-state index contributed by atoms with van der Waals surface area (Å²) in [6.07, 6.45) is -0.493. The van der Waals surface area contributed by atoms with E-state index in [2.05, 4.69) is 25.3 Å². The Morgan fingerprint density at radius 2 is 1.06 bits per heavy atom. The minimum atomic E-state index is -0.919. The fraction of sp³-hybridized carbons (Fsp3) is 0.800. The number of esters is 2. The summed E-state index contributed by atoms with van der Waals surface area (Å²) in [6, 6.07) is 0. The standard InChI is InChI=1S/C10H18O4S2/c1-5(2)13-9(11)7(15)8(16)10(12)14-6(3)4/h5-8,15-16H,1-4H3. The lowest BCUT2D eigenvalue weighted by molar-refractivity contribution is -0.153. The molecule has 0 aromatic rings. The number of hydrogen-bond acceptors (Lipinski definition) is 6. The molecule has 0 N–H and O–H groups in total. The van der Waals surface area contributed by atoms with Crippen molar-refractivity contribution in [1.82, 2.24) is 0 Å². The predicted molar refractivity (Wildman–Crippen MR) is 68.0 cm³/mol. The summed E-state index contributed by atoms with van der Waals surface area (Å²) in [5.74, 6) is -1.14. The smallest absolute Gasteiger partial charge is 0.320 e. The maximum absolute atomic E-state index is 11.4. The van der Waals surface area contributed by atoms with Crippen molar-refractivity contribution < 1.29 is 19.1 Å². The molecule has 16 heavy (non-hydrogen) atoms. The van der Waals surface area contributed by atoms with E-state index in [0.717, 1.165) is 0 Å². The number of carbonyl (C=O) groups is 2. The first kappa shape index (κ1) is 15.6. The molecule has 0 rings (SSSR count). The van der Waals surface area contributed by atoms with Gasteiger partial charge in [0.05, 0.1) is 12.2 Å². The lowest BCUT2D eigenvalue weighted by Crippen LogP contribution is -2.36. The van der Waals surface area contributed by atoms with Gasteiger partial charge in [0.2, 0.25) is 0 Å². The Kier molecular flexibility index (Phi) is 6.90. The average Bonchev–Trinajstić information content (AvgIpc) is 2.13. The van der Waals surface area contributed by atoms with Crippen molar-refractivity contribution in [3.8, 4) is 0 Å². The maximum atomic E-state index is 11.4. The van der Waals surface area contributed by atoms with Crippen LogP contribution in [0.5, 0.6) is 0 Å². The molecule has 0 saturated heterocycles. The van der Waals surface area contributed by atoms with E-state index >= 15 is 0 Å². The van der Waals surface area contributed by atoms with Gasteiger partial charge in [-0.05, 0) is 27.7 Å². The zero-order chi connectivity index (χ0) is 12.9. The molecule has 2 atom stereocenters. The van der Waals surface area contributed by atoms with Gasteiger partial charge in [0, 0.05) is 0 Å². The fourth-order valence-corrected chi connectivity index (χ4v) is 1.23. The van der Waals surface area contributed by atoms with Crippen molar-refractivity contribution in [2.24, 2.45) is 0 Å². The molecule has 2 unspecified atom stereocenters. The number of carbonyl (C=O) groups excluding carboxylic acids is 2. The van der Waals surface area contributed by atoms with Crippen LogP contribution in [-0.4, -0.2) is 34.6 Å². The third kappa shape index (κ3) is 5.65. The van der Waals surface area contributed by atoms with Crippen molar-refractivity contribution in [3.63, 3.8) is 0 Å². The Hall–Kier alpha value is -0.360. The highest BCUT2D eigenvalue weighted by molar-refractivity contribution is 7.86. The normalized spacial score (nSPS) is 14.8. The van der Waals surface area contributed by atoms with E-state index in [0.29, 0.717) is 0 Å². The molecular weight excluding hydrogens is 248 g/mol. The first-order chi connectivity index (χ1) is 7.25. The second kappa shape index (κ2) is 7.06. The molecule has 0 bridgehead atoms. The van der Waals surface area contributed by atoms with Crippen LogP contribution in [-0.2, 0) is 19.1 Å². The molecule has 0 spiro atoms. The van der Waals surface area contributed by atoms with Crippen LogP contribution in [0.25, 0.3) is 0 Å². The van der Waals surface area contributed by atoms with Crippen LogP contribution in [0.15, 0.2) is 0 Å². The monoisotopic (exact) mass is 266 g/mol. The summed E-state index contributed by atoms with van der Waals surface area (Å²) in [6.45, 7) is 6.88. The van der Waals surface area contributed by atoms with Crippen molar-refractivity contribution in [1.29, 1.82) is 0 Å². The molecule has 0 amide bonds. The minimum Gasteiger partial charge on any atom is -0.462 e. The fourth-order valence-electron chi connectivity index (χ4n) is 0.862. The number of ether oxygens (including phenoxy) is 2. The van der Waals surface area contributed by atoms with Crippen molar-refractivity contribution >= 4 is 37.2 Å². The first-order valence-corrected chi connectivity index (χ1v) is 6.06. The van der Waals surface area contributed by atoms with Crippen LogP contribution in [0.1, 0.15) is 27.7 Å². The van der Waals surface area contributed by atoms with Crippen LogP contribution >= 0.6 is 25.3 Å². The lowest BCUT2D eigenvalue weighted by Gasteiger charge is -2.18. The van der Waals surface area contributed by atoms with Gasteiger partial charge in [-0.25, -0.2) is 0 Å². The third-order valence-corrected chi connectivity index (χ3v) is 2.74. The lowest BCUT2D eigenvalue weighted by atomic mass is 10.3. The van der Waals surface area contributed by atoms with E-state index in [-0.39, 0.29) is 12.2 Å². The maximum Gasteiger partial charge on any atom is 0.320 e. The molecule has 0 fully saturated rings. The van der Waals surface area contributed by atoms with E-state index in [4.69, 9.17) is 9.47 Å². The van der Waals surface area contributed by atoms with E-state index < -0.39 is 22.4 Å². The van der Waals surface area contributed by atoms with Crippen LogP contribution in [0.2, 0.25) is 0 Å². The van der Waals surface area contributed by atoms with Gasteiger partial charge in [0.15, 0.2) is 0 Å². The number of thiol groups is 2. The second-order valence-corrected chi connectivity index (χ2v) is 4.97. The van der Waals surface area contributed by atoms with E-state index in [1.807, 2.05) is 0 Å². The van der Waals surface area contributed by atoms with Crippen LogP contribution in [0.3, 0.4) is 0 Å². The van der Waals surface area contributed by atoms with Gasteiger partial charge in [-0.3, -0.25) is 9.59 Å². The molecule has 0 aliphatic carbocycles. The summed E-state index contributed by atoms with van der Waals surface area (Å²) >= 11 is 8.01. The highest BCUT2D eigenvalue weighted by Gasteiger charge is 2.31. The highest BCUT2D eigenvalue weighted by atomic mass is 32.1. The summed E-state index contributed by atoms with van der Waals surface area (Å²) in [7, 11) is 0. The zero-order valence-electron chi connectivity index (χ0n) is 9.84.